The summed E-state index contributed by atoms with van der Waals surface area (Å²) >= 11 is 0. The van der Waals surface area contributed by atoms with E-state index in [9.17, 15) is 4.79 Å². The molecule has 0 fully saturated rings. The molecule has 2 aromatic heterocycles. The fraction of sp³-hybridized carbons (Fsp3) is 0. The lowest BCUT2D eigenvalue weighted by Crippen LogP contribution is -2.45. The van der Waals surface area contributed by atoms with Crippen LogP contribution in [0.15, 0.2) is 41.5 Å². The molecule has 60 valence electrons. The Labute approximate surface area is 69.1 Å². The summed E-state index contributed by atoms with van der Waals surface area (Å²) < 4.78 is 1.88. The Hall–Kier alpha value is -1.61. The zero-order valence-corrected chi connectivity index (χ0v) is 6.53. The van der Waals surface area contributed by atoms with Crippen LogP contribution in [0.2, 0.25) is 0 Å². The van der Waals surface area contributed by atoms with Crippen LogP contribution in [0.25, 0.3) is 5.52 Å². The Bertz CT molecular complexity index is 473. The zero-order valence-electron chi connectivity index (χ0n) is 6.53. The van der Waals surface area contributed by atoms with Gasteiger partial charge in [-0.2, -0.15) is 0 Å². The summed E-state index contributed by atoms with van der Waals surface area (Å²) in [6.45, 7) is 0. The van der Waals surface area contributed by atoms with Crippen LogP contribution in [-0.4, -0.2) is 4.40 Å². The van der Waals surface area contributed by atoms with Gasteiger partial charge in [0.25, 0.3) is 0 Å². The summed E-state index contributed by atoms with van der Waals surface area (Å²) in [6.07, 6.45) is 3.63. The Kier molecular flexibility index (Phi) is 1.45. The quantitative estimate of drug-likeness (QED) is 0.588. The third-order valence-electron chi connectivity index (χ3n) is 1.88. The van der Waals surface area contributed by atoms with Crippen LogP contribution in [0, 0.1) is 0 Å². The second-order valence-corrected chi connectivity index (χ2v) is 2.65. The Balaban J connectivity index is 3.01. The largest absolute Gasteiger partial charge is 0.320 e. The number of rotatable bonds is 0. The maximum atomic E-state index is 11.2. The number of quaternary nitrogens is 1. The van der Waals surface area contributed by atoms with Crippen molar-refractivity contribution in [1.29, 1.82) is 0 Å². The summed E-state index contributed by atoms with van der Waals surface area (Å²) in [4.78, 5) is 11.2. The third kappa shape index (κ3) is 0.914. The van der Waals surface area contributed by atoms with E-state index in [2.05, 4.69) is 5.73 Å². The topological polar surface area (TPSA) is 49.1 Å². The predicted molar refractivity (Wildman–Crippen MR) is 46.2 cm³/mol. The number of hydrogen-bond donors (Lipinski definition) is 1. The van der Waals surface area contributed by atoms with Crippen LogP contribution in [0.5, 0.6) is 0 Å². The Morgan fingerprint density at radius 2 is 2.00 bits per heavy atom. The molecule has 2 aromatic rings. The monoisotopic (exact) mass is 161 g/mol. The van der Waals surface area contributed by atoms with Crippen molar-refractivity contribution in [2.45, 2.75) is 0 Å². The van der Waals surface area contributed by atoms with Gasteiger partial charge in [0.1, 0.15) is 5.52 Å². The maximum Gasteiger partial charge on any atom is 0.242 e. The molecule has 0 aliphatic rings. The van der Waals surface area contributed by atoms with Crippen LogP contribution < -0.4 is 11.2 Å². The van der Waals surface area contributed by atoms with Crippen molar-refractivity contribution >= 4 is 11.2 Å². The second-order valence-electron chi connectivity index (χ2n) is 2.65. The molecule has 0 saturated carbocycles. The van der Waals surface area contributed by atoms with E-state index in [4.69, 9.17) is 0 Å². The van der Waals surface area contributed by atoms with E-state index in [0.29, 0.717) is 5.69 Å². The molecule has 0 radical (unpaired) electrons. The van der Waals surface area contributed by atoms with Gasteiger partial charge in [-0.25, -0.2) is 0 Å². The van der Waals surface area contributed by atoms with Crippen molar-refractivity contribution in [3.63, 3.8) is 0 Å². The van der Waals surface area contributed by atoms with Crippen LogP contribution in [0.4, 0.5) is 5.69 Å². The van der Waals surface area contributed by atoms with E-state index in [1.807, 2.05) is 28.8 Å². The van der Waals surface area contributed by atoms with Gasteiger partial charge in [-0.1, -0.05) is 6.07 Å². The molecule has 12 heavy (non-hydrogen) atoms. The molecular weight excluding hydrogens is 152 g/mol. The molecule has 0 saturated heterocycles. The summed E-state index contributed by atoms with van der Waals surface area (Å²) in [5.41, 5.74) is 5.12. The van der Waals surface area contributed by atoms with E-state index in [-0.39, 0.29) is 5.43 Å². The summed E-state index contributed by atoms with van der Waals surface area (Å²) in [5.74, 6) is 0. The molecule has 2 rings (SSSR count). The Morgan fingerprint density at radius 3 is 2.83 bits per heavy atom. The van der Waals surface area contributed by atoms with Gasteiger partial charge >= 0.3 is 0 Å². The summed E-state index contributed by atoms with van der Waals surface area (Å²) in [6, 6.07) is 7.21. The summed E-state index contributed by atoms with van der Waals surface area (Å²) in [7, 11) is 0. The fourth-order valence-electron chi connectivity index (χ4n) is 1.22. The van der Waals surface area contributed by atoms with Crippen molar-refractivity contribution in [1.82, 2.24) is 4.40 Å². The summed E-state index contributed by atoms with van der Waals surface area (Å²) in [5, 5.41) is 0. The first-order valence-electron chi connectivity index (χ1n) is 3.71. The van der Waals surface area contributed by atoms with Gasteiger partial charge < -0.3 is 10.1 Å². The van der Waals surface area contributed by atoms with Crippen LogP contribution in [0.3, 0.4) is 0 Å². The van der Waals surface area contributed by atoms with E-state index < -0.39 is 0 Å². The van der Waals surface area contributed by atoms with Crippen LogP contribution in [0.1, 0.15) is 0 Å². The molecule has 0 aliphatic heterocycles. The highest BCUT2D eigenvalue weighted by molar-refractivity contribution is 5.62. The molecule has 3 N–H and O–H groups in total. The van der Waals surface area contributed by atoms with Gasteiger partial charge in [-0.05, 0) is 12.1 Å². The molecule has 0 amide bonds. The molecular formula is C9H9N2O+. The molecule has 3 nitrogen and oxygen atoms in total. The molecule has 2 heterocycles. The van der Waals surface area contributed by atoms with Crippen molar-refractivity contribution < 1.29 is 5.73 Å². The molecule has 0 spiro atoms. The minimum atomic E-state index is -0.0128. The van der Waals surface area contributed by atoms with Gasteiger partial charge in [0.15, 0.2) is 5.69 Å². The van der Waals surface area contributed by atoms with Gasteiger partial charge in [0, 0.05) is 18.5 Å². The first kappa shape index (κ1) is 7.06. The standard InChI is InChI=1S/C9H8N2O/c10-9-7-3-1-2-5-11(7)6-4-8(9)12/h1-6H,10H2/p+1. The van der Waals surface area contributed by atoms with Crippen molar-refractivity contribution in [3.05, 3.63) is 46.9 Å². The molecule has 0 atom stereocenters. The lowest BCUT2D eigenvalue weighted by Gasteiger charge is -1.98. The minimum Gasteiger partial charge on any atom is -0.320 e. The number of aromatic nitrogens is 1. The number of hydrogen-bond acceptors (Lipinski definition) is 1. The van der Waals surface area contributed by atoms with Crippen LogP contribution in [-0.2, 0) is 0 Å². The predicted octanol–water partition coefficient (Wildman–Crippen LogP) is 0.173. The third-order valence-corrected chi connectivity index (χ3v) is 1.88. The van der Waals surface area contributed by atoms with E-state index in [1.54, 1.807) is 6.20 Å². The average Bonchev–Trinajstić information content (AvgIpc) is 2.12. The first-order valence-corrected chi connectivity index (χ1v) is 3.71. The van der Waals surface area contributed by atoms with Gasteiger partial charge in [-0.3, -0.25) is 4.79 Å². The SMILES string of the molecule is [NH3+]c1c(=O)ccn2ccccc12. The second kappa shape index (κ2) is 2.46. The number of fused-ring (bicyclic) bond motifs is 1. The van der Waals surface area contributed by atoms with Gasteiger partial charge in [0.2, 0.25) is 5.43 Å². The number of pyridine rings is 2. The van der Waals surface area contributed by atoms with Crippen molar-refractivity contribution in [2.75, 3.05) is 0 Å². The highest BCUT2D eigenvalue weighted by Gasteiger charge is 2.01. The van der Waals surface area contributed by atoms with Crippen LogP contribution >= 0.6 is 0 Å². The lowest BCUT2D eigenvalue weighted by atomic mass is 10.3. The Morgan fingerprint density at radius 1 is 1.17 bits per heavy atom. The van der Waals surface area contributed by atoms with E-state index in [1.165, 1.54) is 6.07 Å². The molecule has 0 bridgehead atoms. The average molecular weight is 161 g/mol. The lowest BCUT2D eigenvalue weighted by molar-refractivity contribution is -0.254. The van der Waals surface area contributed by atoms with E-state index in [0.717, 1.165) is 5.52 Å². The molecule has 3 heteroatoms. The van der Waals surface area contributed by atoms with Gasteiger partial charge in [-0.15, -0.1) is 0 Å². The zero-order chi connectivity index (χ0) is 8.55. The number of nitrogens with zero attached hydrogens (tertiary/aromatic N) is 1. The minimum absolute atomic E-state index is 0.0128. The first-order chi connectivity index (χ1) is 5.79. The van der Waals surface area contributed by atoms with E-state index >= 15 is 0 Å². The normalized spacial score (nSPS) is 10.4. The van der Waals surface area contributed by atoms with Gasteiger partial charge in [0.05, 0.1) is 0 Å². The molecule has 0 aromatic carbocycles. The van der Waals surface area contributed by atoms with Crippen molar-refractivity contribution in [3.8, 4) is 0 Å². The molecule has 0 aliphatic carbocycles. The maximum absolute atomic E-state index is 11.2. The molecule has 0 unspecified atom stereocenters. The highest BCUT2D eigenvalue weighted by atomic mass is 16.1. The smallest absolute Gasteiger partial charge is 0.242 e. The highest BCUT2D eigenvalue weighted by Crippen LogP contribution is 2.04. The fourth-order valence-corrected chi connectivity index (χ4v) is 1.22. The van der Waals surface area contributed by atoms with Crippen molar-refractivity contribution in [2.24, 2.45) is 0 Å².